The van der Waals surface area contributed by atoms with Gasteiger partial charge in [-0.05, 0) is 12.3 Å². The van der Waals surface area contributed by atoms with Crippen LogP contribution in [0, 0.1) is 5.92 Å². The third-order valence-electron chi connectivity index (χ3n) is 2.97. The number of hydrogen-bond donors (Lipinski definition) is 3. The zero-order valence-corrected chi connectivity index (χ0v) is 11.2. The first kappa shape index (κ1) is 13.8. The first-order valence-electron chi connectivity index (χ1n) is 6.19. The minimum atomic E-state index is 0.00202. The van der Waals surface area contributed by atoms with Crippen LogP contribution in [0.25, 0.3) is 0 Å². The van der Waals surface area contributed by atoms with Crippen molar-refractivity contribution < 1.29 is 5.11 Å². The van der Waals surface area contributed by atoms with Crippen molar-refractivity contribution in [1.29, 1.82) is 0 Å². The van der Waals surface area contributed by atoms with Crippen LogP contribution < -0.4 is 11.1 Å². The molecule has 0 aliphatic heterocycles. The summed E-state index contributed by atoms with van der Waals surface area (Å²) in [5.74, 6) is 1.14. The van der Waals surface area contributed by atoms with Crippen LogP contribution in [-0.4, -0.2) is 27.5 Å². The van der Waals surface area contributed by atoms with E-state index in [-0.39, 0.29) is 12.6 Å². The lowest BCUT2D eigenvalue weighted by molar-refractivity contribution is 0.248. The summed E-state index contributed by atoms with van der Waals surface area (Å²) in [6.45, 7) is 6.32. The molecule has 0 amide bonds. The second kappa shape index (κ2) is 5.91. The molecule has 0 saturated carbocycles. The quantitative estimate of drug-likeness (QED) is 0.702. The number of anilines is 2. The van der Waals surface area contributed by atoms with Gasteiger partial charge in [0.15, 0.2) is 0 Å². The fourth-order valence-corrected chi connectivity index (χ4v) is 1.79. The highest BCUT2D eigenvalue weighted by molar-refractivity contribution is 5.65. The van der Waals surface area contributed by atoms with Gasteiger partial charge in [0.1, 0.15) is 5.82 Å². The molecule has 0 aliphatic carbocycles. The lowest BCUT2D eigenvalue weighted by atomic mass is 10.1. The van der Waals surface area contributed by atoms with E-state index in [9.17, 15) is 5.11 Å². The largest absolute Gasteiger partial charge is 0.394 e. The van der Waals surface area contributed by atoms with E-state index in [1.807, 2.05) is 7.05 Å². The zero-order valence-electron chi connectivity index (χ0n) is 11.2. The Kier molecular flexibility index (Phi) is 4.81. The first-order valence-corrected chi connectivity index (χ1v) is 6.19. The third-order valence-corrected chi connectivity index (χ3v) is 2.97. The second-order valence-electron chi connectivity index (χ2n) is 4.76. The van der Waals surface area contributed by atoms with Gasteiger partial charge in [0.2, 0.25) is 0 Å². The van der Waals surface area contributed by atoms with E-state index in [0.29, 0.717) is 11.6 Å². The molecule has 5 nitrogen and oxygen atoms in total. The van der Waals surface area contributed by atoms with Gasteiger partial charge in [-0.15, -0.1) is 0 Å². The van der Waals surface area contributed by atoms with Crippen molar-refractivity contribution in [3.63, 3.8) is 0 Å². The van der Waals surface area contributed by atoms with Crippen molar-refractivity contribution in [3.05, 3.63) is 5.69 Å². The Bertz CT molecular complexity index is 360. The van der Waals surface area contributed by atoms with Gasteiger partial charge in [-0.3, -0.25) is 4.68 Å². The molecule has 5 heteroatoms. The predicted octanol–water partition coefficient (Wildman–Crippen LogP) is 1.38. The molecule has 0 fully saturated rings. The molecule has 4 N–H and O–H groups in total. The molecule has 17 heavy (non-hydrogen) atoms. The number of nitrogens with two attached hydrogens (primary N) is 1. The maximum Gasteiger partial charge on any atom is 0.148 e. The SMILES string of the molecule is CCCc1nn(C)c(NC(CO)C(C)C)c1N. The van der Waals surface area contributed by atoms with E-state index in [4.69, 9.17) is 5.73 Å². The van der Waals surface area contributed by atoms with Crippen molar-refractivity contribution in [2.45, 2.75) is 39.7 Å². The Morgan fingerprint density at radius 1 is 1.47 bits per heavy atom. The van der Waals surface area contributed by atoms with Gasteiger partial charge in [0.25, 0.3) is 0 Å². The molecular weight excluding hydrogens is 216 g/mol. The normalized spacial score (nSPS) is 13.1. The summed E-state index contributed by atoms with van der Waals surface area (Å²) in [5, 5.41) is 17.0. The molecular formula is C12H24N4O. The summed E-state index contributed by atoms with van der Waals surface area (Å²) in [4.78, 5) is 0. The van der Waals surface area contributed by atoms with E-state index in [1.165, 1.54) is 0 Å². The summed E-state index contributed by atoms with van der Waals surface area (Å²) in [7, 11) is 1.87. The van der Waals surface area contributed by atoms with Crippen LogP contribution >= 0.6 is 0 Å². The van der Waals surface area contributed by atoms with Crippen molar-refractivity contribution in [3.8, 4) is 0 Å². The van der Waals surface area contributed by atoms with E-state index in [2.05, 4.69) is 31.2 Å². The summed E-state index contributed by atoms with van der Waals surface area (Å²) in [6.07, 6.45) is 1.90. The van der Waals surface area contributed by atoms with Crippen molar-refractivity contribution in [2.75, 3.05) is 17.7 Å². The van der Waals surface area contributed by atoms with Gasteiger partial charge >= 0.3 is 0 Å². The molecule has 0 saturated heterocycles. The fraction of sp³-hybridized carbons (Fsp3) is 0.750. The highest BCUT2D eigenvalue weighted by Gasteiger charge is 2.18. The minimum absolute atomic E-state index is 0.00202. The Balaban J connectivity index is 2.90. The monoisotopic (exact) mass is 240 g/mol. The van der Waals surface area contributed by atoms with Gasteiger partial charge in [0, 0.05) is 7.05 Å². The van der Waals surface area contributed by atoms with Crippen molar-refractivity contribution in [2.24, 2.45) is 13.0 Å². The fourth-order valence-electron chi connectivity index (χ4n) is 1.79. The molecule has 1 aromatic rings. The first-order chi connectivity index (χ1) is 8.01. The summed E-state index contributed by atoms with van der Waals surface area (Å²) in [6, 6.07) is 0.00202. The Labute approximate surface area is 103 Å². The molecule has 0 bridgehead atoms. The maximum atomic E-state index is 9.32. The number of aryl methyl sites for hydroxylation is 2. The van der Waals surface area contributed by atoms with E-state index in [0.717, 1.165) is 24.4 Å². The minimum Gasteiger partial charge on any atom is -0.394 e. The molecule has 0 aliphatic rings. The van der Waals surface area contributed by atoms with Gasteiger partial charge < -0.3 is 16.2 Å². The Morgan fingerprint density at radius 2 is 2.12 bits per heavy atom. The lowest BCUT2D eigenvalue weighted by Gasteiger charge is -2.21. The summed E-state index contributed by atoms with van der Waals surface area (Å²) >= 11 is 0. The molecule has 0 aromatic carbocycles. The number of nitrogens with zero attached hydrogens (tertiary/aromatic N) is 2. The number of aliphatic hydroxyl groups is 1. The highest BCUT2D eigenvalue weighted by atomic mass is 16.3. The molecule has 98 valence electrons. The zero-order chi connectivity index (χ0) is 13.0. The van der Waals surface area contributed by atoms with Gasteiger partial charge in [-0.1, -0.05) is 27.2 Å². The molecule has 0 radical (unpaired) electrons. The second-order valence-corrected chi connectivity index (χ2v) is 4.76. The molecule has 0 spiro atoms. The van der Waals surface area contributed by atoms with E-state index < -0.39 is 0 Å². The Hall–Kier alpha value is -1.23. The Morgan fingerprint density at radius 3 is 2.59 bits per heavy atom. The van der Waals surface area contributed by atoms with Gasteiger partial charge in [-0.25, -0.2) is 0 Å². The van der Waals surface area contributed by atoms with Crippen LogP contribution in [0.2, 0.25) is 0 Å². The summed E-state index contributed by atoms with van der Waals surface area (Å²) in [5.41, 5.74) is 7.70. The predicted molar refractivity (Wildman–Crippen MR) is 70.9 cm³/mol. The standard InChI is InChI=1S/C12H24N4O/c1-5-6-9-11(13)12(16(4)15-9)14-10(7-17)8(2)3/h8,10,14,17H,5-7,13H2,1-4H3. The number of aromatic nitrogens is 2. The van der Waals surface area contributed by atoms with Crippen molar-refractivity contribution >= 4 is 11.5 Å². The molecule has 1 heterocycles. The highest BCUT2D eigenvalue weighted by Crippen LogP contribution is 2.24. The van der Waals surface area contributed by atoms with Crippen LogP contribution in [0.3, 0.4) is 0 Å². The number of nitrogens with one attached hydrogen (secondary N) is 1. The number of hydrogen-bond acceptors (Lipinski definition) is 4. The van der Waals surface area contributed by atoms with E-state index in [1.54, 1.807) is 4.68 Å². The van der Waals surface area contributed by atoms with Crippen molar-refractivity contribution in [1.82, 2.24) is 9.78 Å². The van der Waals surface area contributed by atoms with Crippen LogP contribution in [0.4, 0.5) is 11.5 Å². The topological polar surface area (TPSA) is 76.1 Å². The lowest BCUT2D eigenvalue weighted by Crippen LogP contribution is -2.30. The molecule has 1 atom stereocenters. The number of nitrogen functional groups attached to an aromatic ring is 1. The molecule has 1 unspecified atom stereocenters. The molecule has 1 aromatic heterocycles. The smallest absolute Gasteiger partial charge is 0.148 e. The average Bonchev–Trinajstić information content (AvgIpc) is 2.52. The van der Waals surface area contributed by atoms with Gasteiger partial charge in [0.05, 0.1) is 24.0 Å². The van der Waals surface area contributed by atoms with Crippen LogP contribution in [0.1, 0.15) is 32.9 Å². The molecule has 1 rings (SSSR count). The van der Waals surface area contributed by atoms with Crippen LogP contribution in [-0.2, 0) is 13.5 Å². The summed E-state index contributed by atoms with van der Waals surface area (Å²) < 4.78 is 1.76. The van der Waals surface area contributed by atoms with Gasteiger partial charge in [-0.2, -0.15) is 5.10 Å². The third kappa shape index (κ3) is 3.12. The average molecular weight is 240 g/mol. The maximum absolute atomic E-state index is 9.32. The van der Waals surface area contributed by atoms with Crippen LogP contribution in [0.15, 0.2) is 0 Å². The van der Waals surface area contributed by atoms with E-state index >= 15 is 0 Å². The number of aliphatic hydroxyl groups excluding tert-OH is 1. The van der Waals surface area contributed by atoms with Crippen LogP contribution in [0.5, 0.6) is 0 Å². The number of rotatable bonds is 6.